The van der Waals surface area contributed by atoms with Gasteiger partial charge in [-0.3, -0.25) is 4.79 Å². The van der Waals surface area contributed by atoms with Gasteiger partial charge in [0.15, 0.2) is 6.29 Å². The van der Waals surface area contributed by atoms with Crippen molar-refractivity contribution in [2.45, 2.75) is 269 Å². The van der Waals surface area contributed by atoms with Crippen molar-refractivity contribution >= 4 is 5.91 Å². The minimum absolute atomic E-state index is 0.175. The van der Waals surface area contributed by atoms with E-state index in [9.17, 15) is 30.3 Å². The number of aliphatic hydroxyl groups is 5. The van der Waals surface area contributed by atoms with Crippen molar-refractivity contribution in [2.24, 2.45) is 0 Å². The Morgan fingerprint density at radius 3 is 1.39 bits per heavy atom. The van der Waals surface area contributed by atoms with Gasteiger partial charge in [0, 0.05) is 6.42 Å². The topological polar surface area (TPSA) is 149 Å². The van der Waals surface area contributed by atoms with Gasteiger partial charge in [-0.1, -0.05) is 212 Å². The Morgan fingerprint density at radius 1 is 0.589 bits per heavy atom. The molecule has 1 rings (SSSR count). The molecule has 1 heterocycles. The van der Waals surface area contributed by atoms with Gasteiger partial charge in [-0.25, -0.2) is 0 Å². The van der Waals surface area contributed by atoms with Crippen LogP contribution in [0.5, 0.6) is 0 Å². The fourth-order valence-corrected chi connectivity index (χ4v) is 7.75. The molecule has 0 aromatic carbocycles. The summed E-state index contributed by atoms with van der Waals surface area (Å²) in [4.78, 5) is 12.9. The van der Waals surface area contributed by atoms with Crippen LogP contribution in [0.1, 0.15) is 226 Å². The number of allylic oxidation sites excluding steroid dienone is 1. The molecule has 1 aliphatic heterocycles. The zero-order valence-corrected chi connectivity index (χ0v) is 36.4. The van der Waals surface area contributed by atoms with Gasteiger partial charge in [0.05, 0.1) is 25.4 Å². The second kappa shape index (κ2) is 38.2. The number of hydrogen-bond acceptors (Lipinski definition) is 8. The lowest BCUT2D eigenvalue weighted by Gasteiger charge is -2.40. The molecule has 0 aliphatic carbocycles. The molecule has 332 valence electrons. The van der Waals surface area contributed by atoms with E-state index in [0.29, 0.717) is 6.42 Å². The Bertz CT molecular complexity index is 888. The highest BCUT2D eigenvalue weighted by atomic mass is 16.7. The molecular formula is C47H91NO8. The summed E-state index contributed by atoms with van der Waals surface area (Å²) in [6.07, 6.45) is 37.0. The van der Waals surface area contributed by atoms with Gasteiger partial charge in [0.25, 0.3) is 0 Å². The highest BCUT2D eigenvalue weighted by molar-refractivity contribution is 5.76. The molecule has 1 saturated heterocycles. The standard InChI is InChI=1S/C47H91NO8/c1-3-5-7-9-11-13-15-16-17-18-19-20-21-22-23-24-25-26-27-29-31-33-35-37-43(51)48-40(39-55-47-46(54)45(53)44(52)42(38-49)56-47)41(50)36-34-32-30-28-14-12-10-8-6-4-2/h34,36,40-42,44-47,49-50,52-54H,3-33,35,37-39H2,1-2H3,(H,48,51)/b36-34+. The second-order valence-electron chi connectivity index (χ2n) is 16.9. The van der Waals surface area contributed by atoms with Crippen LogP contribution in [0.25, 0.3) is 0 Å². The first-order chi connectivity index (χ1) is 27.3. The predicted octanol–water partition coefficient (Wildman–Crippen LogP) is 10.1. The number of ether oxygens (including phenoxy) is 2. The average Bonchev–Trinajstić information content (AvgIpc) is 3.20. The summed E-state index contributed by atoms with van der Waals surface area (Å²) in [5.74, 6) is -0.175. The van der Waals surface area contributed by atoms with E-state index in [2.05, 4.69) is 19.2 Å². The van der Waals surface area contributed by atoms with E-state index in [1.165, 1.54) is 167 Å². The van der Waals surface area contributed by atoms with Gasteiger partial charge < -0.3 is 40.3 Å². The van der Waals surface area contributed by atoms with Gasteiger partial charge in [-0.05, 0) is 19.3 Å². The molecular weight excluding hydrogens is 707 g/mol. The summed E-state index contributed by atoms with van der Waals surface area (Å²) in [6.45, 7) is 3.76. The van der Waals surface area contributed by atoms with Gasteiger partial charge >= 0.3 is 0 Å². The minimum Gasteiger partial charge on any atom is -0.394 e. The van der Waals surface area contributed by atoms with E-state index in [-0.39, 0.29) is 12.5 Å². The Morgan fingerprint density at radius 2 is 0.982 bits per heavy atom. The van der Waals surface area contributed by atoms with Crippen molar-refractivity contribution in [3.8, 4) is 0 Å². The Balaban J connectivity index is 2.22. The Kier molecular flexibility index (Phi) is 36.1. The SMILES string of the molecule is CCCCCCCCCC/C=C/C(O)C(COC1OC(CO)C(O)C(O)C1O)NC(=O)CCCCCCCCCCCCCCCCCCCCCCCCC. The van der Waals surface area contributed by atoms with Crippen LogP contribution in [-0.2, 0) is 14.3 Å². The van der Waals surface area contributed by atoms with E-state index in [0.717, 1.165) is 38.5 Å². The van der Waals surface area contributed by atoms with Crippen LogP contribution in [0.3, 0.4) is 0 Å². The first-order valence-electron chi connectivity index (χ1n) is 23.9. The van der Waals surface area contributed by atoms with Gasteiger partial charge in [0.1, 0.15) is 24.4 Å². The average molecular weight is 798 g/mol. The monoisotopic (exact) mass is 798 g/mol. The molecule has 0 radical (unpaired) electrons. The first kappa shape index (κ1) is 52.9. The summed E-state index contributed by atoms with van der Waals surface area (Å²) in [5.41, 5.74) is 0. The molecule has 0 aromatic rings. The van der Waals surface area contributed by atoms with Crippen LogP contribution in [0.15, 0.2) is 12.2 Å². The van der Waals surface area contributed by atoms with Crippen LogP contribution < -0.4 is 5.32 Å². The molecule has 7 atom stereocenters. The molecule has 56 heavy (non-hydrogen) atoms. The summed E-state index contributed by atoms with van der Waals surface area (Å²) in [6, 6.07) is -0.797. The smallest absolute Gasteiger partial charge is 0.220 e. The quantitative estimate of drug-likeness (QED) is 0.0265. The Labute approximate surface area is 344 Å². The van der Waals surface area contributed by atoms with Gasteiger partial charge in [-0.15, -0.1) is 0 Å². The normalized spacial score (nSPS) is 21.2. The zero-order chi connectivity index (χ0) is 40.9. The van der Waals surface area contributed by atoms with E-state index >= 15 is 0 Å². The van der Waals surface area contributed by atoms with Gasteiger partial charge in [-0.2, -0.15) is 0 Å². The highest BCUT2D eigenvalue weighted by Gasteiger charge is 2.44. The first-order valence-corrected chi connectivity index (χ1v) is 23.9. The maximum absolute atomic E-state index is 12.9. The summed E-state index contributed by atoms with van der Waals surface area (Å²) >= 11 is 0. The number of aliphatic hydroxyl groups excluding tert-OH is 5. The van der Waals surface area contributed by atoms with Crippen molar-refractivity contribution in [3.05, 3.63) is 12.2 Å². The van der Waals surface area contributed by atoms with Crippen LogP contribution in [0, 0.1) is 0 Å². The van der Waals surface area contributed by atoms with Crippen molar-refractivity contribution < 1.29 is 39.8 Å². The molecule has 9 heteroatoms. The predicted molar refractivity (Wildman–Crippen MR) is 231 cm³/mol. The van der Waals surface area contributed by atoms with Crippen molar-refractivity contribution in [2.75, 3.05) is 13.2 Å². The molecule has 1 aliphatic rings. The third kappa shape index (κ3) is 28.4. The Hall–Kier alpha value is -1.07. The number of rotatable bonds is 40. The van der Waals surface area contributed by atoms with E-state index in [1.54, 1.807) is 6.08 Å². The largest absolute Gasteiger partial charge is 0.394 e. The number of nitrogens with one attached hydrogen (secondary N) is 1. The lowest BCUT2D eigenvalue weighted by atomic mass is 9.99. The summed E-state index contributed by atoms with van der Waals surface area (Å²) in [7, 11) is 0. The van der Waals surface area contributed by atoms with Crippen molar-refractivity contribution in [1.82, 2.24) is 5.32 Å². The molecule has 9 nitrogen and oxygen atoms in total. The zero-order valence-electron chi connectivity index (χ0n) is 36.4. The summed E-state index contributed by atoms with van der Waals surface area (Å²) < 4.78 is 11.2. The maximum Gasteiger partial charge on any atom is 0.220 e. The van der Waals surface area contributed by atoms with Gasteiger partial charge in [0.2, 0.25) is 5.91 Å². The molecule has 1 amide bonds. The second-order valence-corrected chi connectivity index (χ2v) is 16.9. The summed E-state index contributed by atoms with van der Waals surface area (Å²) in [5, 5.41) is 54.1. The highest BCUT2D eigenvalue weighted by Crippen LogP contribution is 2.23. The lowest BCUT2D eigenvalue weighted by molar-refractivity contribution is -0.302. The van der Waals surface area contributed by atoms with E-state index in [1.807, 2.05) is 6.08 Å². The van der Waals surface area contributed by atoms with Crippen molar-refractivity contribution in [3.63, 3.8) is 0 Å². The van der Waals surface area contributed by atoms with Crippen molar-refractivity contribution in [1.29, 1.82) is 0 Å². The van der Waals surface area contributed by atoms with Crippen LogP contribution in [0.2, 0.25) is 0 Å². The minimum atomic E-state index is -1.56. The maximum atomic E-state index is 12.9. The van der Waals surface area contributed by atoms with E-state index in [4.69, 9.17) is 9.47 Å². The number of carbonyl (C=O) groups is 1. The molecule has 1 fully saturated rings. The fraction of sp³-hybridized carbons (Fsp3) is 0.936. The third-order valence-electron chi connectivity index (χ3n) is 11.6. The molecule has 7 unspecified atom stereocenters. The molecule has 0 bridgehead atoms. The third-order valence-corrected chi connectivity index (χ3v) is 11.6. The van der Waals surface area contributed by atoms with Crippen LogP contribution in [0.4, 0.5) is 0 Å². The number of hydrogen-bond donors (Lipinski definition) is 6. The molecule has 0 aromatic heterocycles. The lowest BCUT2D eigenvalue weighted by Crippen LogP contribution is -2.60. The molecule has 6 N–H and O–H groups in total. The molecule has 0 saturated carbocycles. The van der Waals surface area contributed by atoms with E-state index < -0.39 is 49.5 Å². The van der Waals surface area contributed by atoms with Crippen LogP contribution >= 0.6 is 0 Å². The fourth-order valence-electron chi connectivity index (χ4n) is 7.75. The number of amides is 1. The van der Waals surface area contributed by atoms with Crippen LogP contribution in [-0.4, -0.2) is 87.5 Å². The number of unbranched alkanes of at least 4 members (excludes halogenated alkanes) is 30. The molecule has 0 spiro atoms. The number of carbonyl (C=O) groups excluding carboxylic acids is 1.